The molecule has 1 aliphatic rings. The molecule has 0 aliphatic carbocycles. The highest BCUT2D eigenvalue weighted by Gasteiger charge is 2.17. The first-order valence-electron chi connectivity index (χ1n) is 8.43. The summed E-state index contributed by atoms with van der Waals surface area (Å²) < 4.78 is 0. The number of nitrogens with zero attached hydrogens (tertiary/aromatic N) is 2. The Hall–Kier alpha value is -1.55. The van der Waals surface area contributed by atoms with Gasteiger partial charge in [0.2, 0.25) is 0 Å². The second-order valence-corrected chi connectivity index (χ2v) is 6.63. The molecule has 0 amide bonds. The molecule has 3 N–H and O–H groups in total. The number of hydrogen-bond donors (Lipinski definition) is 2. The van der Waals surface area contributed by atoms with Crippen molar-refractivity contribution in [2.24, 2.45) is 10.7 Å². The zero-order chi connectivity index (χ0) is 15.9. The standard InChI is InChI=1S/C18H30N4/c1-14(2)21-18(19)20-12-16-7-9-17(10-8-16)13-22-11-5-4-6-15(22)3/h7-10,14-15H,4-6,11-13H2,1-3H3,(H3,19,20,21). The van der Waals surface area contributed by atoms with E-state index < -0.39 is 0 Å². The molecule has 0 aromatic heterocycles. The fourth-order valence-corrected chi connectivity index (χ4v) is 2.89. The molecule has 1 aliphatic heterocycles. The van der Waals surface area contributed by atoms with E-state index in [2.05, 4.69) is 60.2 Å². The summed E-state index contributed by atoms with van der Waals surface area (Å²) in [6.07, 6.45) is 4.04. The van der Waals surface area contributed by atoms with E-state index in [4.69, 9.17) is 5.73 Å². The molecular weight excluding hydrogens is 272 g/mol. The number of hydrogen-bond acceptors (Lipinski definition) is 2. The number of likely N-dealkylation sites (tertiary alicyclic amines) is 1. The van der Waals surface area contributed by atoms with Crippen LogP contribution < -0.4 is 11.1 Å². The average molecular weight is 302 g/mol. The van der Waals surface area contributed by atoms with Gasteiger partial charge in [0.05, 0.1) is 6.54 Å². The molecular formula is C18H30N4. The number of aliphatic imine (C=N–C) groups is 1. The summed E-state index contributed by atoms with van der Waals surface area (Å²) in [6, 6.07) is 9.79. The van der Waals surface area contributed by atoms with Gasteiger partial charge in [-0.25, -0.2) is 4.99 Å². The minimum atomic E-state index is 0.317. The lowest BCUT2D eigenvalue weighted by Gasteiger charge is -2.33. The van der Waals surface area contributed by atoms with E-state index >= 15 is 0 Å². The van der Waals surface area contributed by atoms with Gasteiger partial charge in [-0.05, 0) is 51.3 Å². The van der Waals surface area contributed by atoms with Crippen LogP contribution in [-0.4, -0.2) is 29.5 Å². The van der Waals surface area contributed by atoms with Gasteiger partial charge in [0.1, 0.15) is 0 Å². The fourth-order valence-electron chi connectivity index (χ4n) is 2.89. The lowest BCUT2D eigenvalue weighted by atomic mass is 10.0. The van der Waals surface area contributed by atoms with Crippen LogP contribution in [0.4, 0.5) is 0 Å². The smallest absolute Gasteiger partial charge is 0.189 e. The van der Waals surface area contributed by atoms with E-state index in [-0.39, 0.29) is 0 Å². The van der Waals surface area contributed by atoms with Gasteiger partial charge in [-0.15, -0.1) is 0 Å². The molecule has 1 aromatic carbocycles. The zero-order valence-corrected chi connectivity index (χ0v) is 14.2. The molecule has 1 fully saturated rings. The maximum Gasteiger partial charge on any atom is 0.189 e. The van der Waals surface area contributed by atoms with Crippen LogP contribution >= 0.6 is 0 Å². The monoisotopic (exact) mass is 302 g/mol. The molecule has 1 aromatic rings. The maximum absolute atomic E-state index is 5.82. The van der Waals surface area contributed by atoms with Crippen molar-refractivity contribution in [2.75, 3.05) is 6.54 Å². The van der Waals surface area contributed by atoms with Gasteiger partial charge in [0.15, 0.2) is 5.96 Å². The molecule has 1 atom stereocenters. The number of piperidine rings is 1. The third-order valence-corrected chi connectivity index (χ3v) is 4.22. The quantitative estimate of drug-likeness (QED) is 0.649. The first kappa shape index (κ1) is 16.8. The third kappa shape index (κ3) is 5.34. The molecule has 2 rings (SSSR count). The first-order chi connectivity index (χ1) is 10.5. The second kappa shape index (κ2) is 8.18. The number of nitrogens with two attached hydrogens (primary N) is 1. The summed E-state index contributed by atoms with van der Waals surface area (Å²) in [5, 5.41) is 3.10. The minimum absolute atomic E-state index is 0.317. The highest BCUT2D eigenvalue weighted by Crippen LogP contribution is 2.19. The van der Waals surface area contributed by atoms with Crippen molar-refractivity contribution in [3.05, 3.63) is 35.4 Å². The van der Waals surface area contributed by atoms with Crippen molar-refractivity contribution in [1.29, 1.82) is 0 Å². The Bertz CT molecular complexity index is 478. The molecule has 1 heterocycles. The number of rotatable bonds is 5. The van der Waals surface area contributed by atoms with Crippen molar-refractivity contribution >= 4 is 5.96 Å². The van der Waals surface area contributed by atoms with Crippen molar-refractivity contribution in [3.8, 4) is 0 Å². The second-order valence-electron chi connectivity index (χ2n) is 6.63. The van der Waals surface area contributed by atoms with Crippen molar-refractivity contribution < 1.29 is 0 Å². The van der Waals surface area contributed by atoms with Crippen LogP contribution in [0, 0.1) is 0 Å². The summed E-state index contributed by atoms with van der Waals surface area (Å²) in [5.74, 6) is 0.515. The highest BCUT2D eigenvalue weighted by molar-refractivity contribution is 5.78. The molecule has 0 saturated carbocycles. The summed E-state index contributed by atoms with van der Waals surface area (Å²) in [4.78, 5) is 6.95. The summed E-state index contributed by atoms with van der Waals surface area (Å²) in [7, 11) is 0. The Kier molecular flexibility index (Phi) is 6.25. The molecule has 4 nitrogen and oxygen atoms in total. The van der Waals surface area contributed by atoms with Gasteiger partial charge in [0.25, 0.3) is 0 Å². The molecule has 1 unspecified atom stereocenters. The van der Waals surface area contributed by atoms with Crippen LogP contribution in [0.1, 0.15) is 51.2 Å². The van der Waals surface area contributed by atoms with Crippen molar-refractivity contribution in [3.63, 3.8) is 0 Å². The Morgan fingerprint density at radius 2 is 1.95 bits per heavy atom. The SMILES string of the molecule is CC(C)NC(N)=NCc1ccc(CN2CCCCC2C)cc1. The lowest BCUT2D eigenvalue weighted by molar-refractivity contribution is 0.152. The zero-order valence-electron chi connectivity index (χ0n) is 14.2. The van der Waals surface area contributed by atoms with Crippen LogP contribution in [0.15, 0.2) is 29.3 Å². The topological polar surface area (TPSA) is 53.6 Å². The van der Waals surface area contributed by atoms with E-state index in [1.807, 2.05) is 0 Å². The third-order valence-electron chi connectivity index (χ3n) is 4.22. The molecule has 122 valence electrons. The number of guanidine groups is 1. The Balaban J connectivity index is 1.87. The molecule has 0 bridgehead atoms. The summed E-state index contributed by atoms with van der Waals surface area (Å²) in [6.45, 7) is 9.36. The van der Waals surface area contributed by atoms with Gasteiger partial charge < -0.3 is 11.1 Å². The van der Waals surface area contributed by atoms with Gasteiger partial charge >= 0.3 is 0 Å². The van der Waals surface area contributed by atoms with Crippen LogP contribution in [0.2, 0.25) is 0 Å². The van der Waals surface area contributed by atoms with Crippen LogP contribution in [-0.2, 0) is 13.1 Å². The summed E-state index contributed by atoms with van der Waals surface area (Å²) in [5.41, 5.74) is 8.41. The van der Waals surface area contributed by atoms with Gasteiger partial charge in [-0.2, -0.15) is 0 Å². The van der Waals surface area contributed by atoms with E-state index in [0.29, 0.717) is 24.6 Å². The normalized spacial score (nSPS) is 20.4. The average Bonchev–Trinajstić information content (AvgIpc) is 2.48. The van der Waals surface area contributed by atoms with Crippen molar-refractivity contribution in [1.82, 2.24) is 10.2 Å². The van der Waals surface area contributed by atoms with E-state index in [0.717, 1.165) is 6.54 Å². The minimum Gasteiger partial charge on any atom is -0.370 e. The highest BCUT2D eigenvalue weighted by atomic mass is 15.2. The van der Waals surface area contributed by atoms with Crippen LogP contribution in [0.3, 0.4) is 0 Å². The van der Waals surface area contributed by atoms with E-state index in [9.17, 15) is 0 Å². The predicted octanol–water partition coefficient (Wildman–Crippen LogP) is 2.87. The molecule has 1 saturated heterocycles. The number of benzene rings is 1. The van der Waals surface area contributed by atoms with Gasteiger partial charge in [-0.1, -0.05) is 30.7 Å². The molecule has 22 heavy (non-hydrogen) atoms. The number of nitrogens with one attached hydrogen (secondary N) is 1. The van der Waals surface area contributed by atoms with Crippen LogP contribution in [0.25, 0.3) is 0 Å². The largest absolute Gasteiger partial charge is 0.370 e. The van der Waals surface area contributed by atoms with Crippen molar-refractivity contribution in [2.45, 2.75) is 65.2 Å². The van der Waals surface area contributed by atoms with Gasteiger partial charge in [0, 0.05) is 18.6 Å². The lowest BCUT2D eigenvalue weighted by Crippen LogP contribution is -2.36. The predicted molar refractivity (Wildman–Crippen MR) is 93.8 cm³/mol. The molecule has 4 heteroatoms. The first-order valence-corrected chi connectivity index (χ1v) is 8.43. The van der Waals surface area contributed by atoms with E-state index in [1.54, 1.807) is 0 Å². The van der Waals surface area contributed by atoms with E-state index in [1.165, 1.54) is 36.9 Å². The van der Waals surface area contributed by atoms with Crippen LogP contribution in [0.5, 0.6) is 0 Å². The summed E-state index contributed by atoms with van der Waals surface area (Å²) >= 11 is 0. The fraction of sp³-hybridized carbons (Fsp3) is 0.611. The molecule has 0 spiro atoms. The Labute approximate surface area is 134 Å². The Morgan fingerprint density at radius 1 is 1.27 bits per heavy atom. The van der Waals surface area contributed by atoms with Gasteiger partial charge in [-0.3, -0.25) is 4.90 Å². The maximum atomic E-state index is 5.82. The molecule has 0 radical (unpaired) electrons. The Morgan fingerprint density at radius 3 is 2.59 bits per heavy atom.